The fraction of sp³-hybridized carbons (Fsp3) is 0.353. The van der Waals surface area contributed by atoms with E-state index in [2.05, 4.69) is 23.8 Å². The number of hydrogen-bond donors (Lipinski definition) is 2. The van der Waals surface area contributed by atoms with Crippen LogP contribution in [0.1, 0.15) is 17.4 Å². The molecular weight excluding hydrogens is 296 g/mol. The van der Waals surface area contributed by atoms with Gasteiger partial charge < -0.3 is 15.0 Å². The molecule has 1 aromatic carbocycles. The number of benzene rings is 1. The normalized spacial score (nSPS) is 13.4. The van der Waals surface area contributed by atoms with Crippen molar-refractivity contribution in [2.75, 3.05) is 14.2 Å². The summed E-state index contributed by atoms with van der Waals surface area (Å²) in [5.41, 5.74) is 1.07. The molecule has 0 aliphatic heterocycles. The van der Waals surface area contributed by atoms with Crippen LogP contribution in [0.15, 0.2) is 41.8 Å². The molecule has 1 amide bonds. The summed E-state index contributed by atoms with van der Waals surface area (Å²) in [6.07, 6.45) is 0. The van der Waals surface area contributed by atoms with E-state index in [4.69, 9.17) is 4.74 Å². The first-order chi connectivity index (χ1) is 10.6. The molecule has 2 rings (SSSR count). The average molecular weight is 319 g/mol. The summed E-state index contributed by atoms with van der Waals surface area (Å²) in [4.78, 5) is 14.7. The summed E-state index contributed by atoms with van der Waals surface area (Å²) in [5.74, 6) is 0.897. The molecule has 0 aliphatic rings. The Bertz CT molecular complexity index is 581. The smallest absolute Gasteiger partial charge is 0.278 e. The SMILES string of the molecule is COc1ccc(CNC(=O)[C@@H](C)[NH+](C)Cc2cccs2)cc1. The molecule has 0 saturated heterocycles. The number of thiophene rings is 1. The number of methoxy groups -OCH3 is 1. The Kier molecular flexibility index (Phi) is 5.98. The predicted octanol–water partition coefficient (Wildman–Crippen LogP) is 1.48. The largest absolute Gasteiger partial charge is 0.497 e. The van der Waals surface area contributed by atoms with E-state index in [1.807, 2.05) is 37.3 Å². The van der Waals surface area contributed by atoms with Crippen LogP contribution in [0.2, 0.25) is 0 Å². The minimum absolute atomic E-state index is 0.0740. The fourth-order valence-electron chi connectivity index (χ4n) is 2.15. The molecular formula is C17H23N2O2S+. The van der Waals surface area contributed by atoms with Crippen LogP contribution < -0.4 is 15.0 Å². The van der Waals surface area contributed by atoms with E-state index in [0.29, 0.717) is 6.54 Å². The molecule has 5 heteroatoms. The highest BCUT2D eigenvalue weighted by Crippen LogP contribution is 2.11. The Morgan fingerprint density at radius 3 is 2.64 bits per heavy atom. The van der Waals surface area contributed by atoms with Crippen LogP contribution in [0.4, 0.5) is 0 Å². The molecule has 2 atom stereocenters. The van der Waals surface area contributed by atoms with Crippen LogP contribution in [0.5, 0.6) is 5.75 Å². The molecule has 0 spiro atoms. The Morgan fingerprint density at radius 2 is 2.05 bits per heavy atom. The third-order valence-corrected chi connectivity index (χ3v) is 4.67. The van der Waals surface area contributed by atoms with Gasteiger partial charge in [0, 0.05) is 6.54 Å². The van der Waals surface area contributed by atoms with Crippen molar-refractivity contribution >= 4 is 17.2 Å². The summed E-state index contributed by atoms with van der Waals surface area (Å²) in [5, 5.41) is 5.07. The van der Waals surface area contributed by atoms with Crippen LogP contribution in [-0.2, 0) is 17.9 Å². The van der Waals surface area contributed by atoms with Crippen molar-refractivity contribution in [3.63, 3.8) is 0 Å². The molecule has 22 heavy (non-hydrogen) atoms. The van der Waals surface area contributed by atoms with Crippen LogP contribution in [0.3, 0.4) is 0 Å². The van der Waals surface area contributed by atoms with E-state index >= 15 is 0 Å². The molecule has 0 saturated carbocycles. The molecule has 0 aliphatic carbocycles. The second kappa shape index (κ2) is 7.96. The molecule has 1 unspecified atom stereocenters. The Morgan fingerprint density at radius 1 is 1.32 bits per heavy atom. The highest BCUT2D eigenvalue weighted by Gasteiger charge is 2.21. The van der Waals surface area contributed by atoms with Gasteiger partial charge in [0.15, 0.2) is 6.04 Å². The zero-order valence-electron chi connectivity index (χ0n) is 13.3. The van der Waals surface area contributed by atoms with Crippen LogP contribution in [-0.4, -0.2) is 26.1 Å². The highest BCUT2D eigenvalue weighted by molar-refractivity contribution is 7.09. The summed E-state index contributed by atoms with van der Waals surface area (Å²) in [6, 6.07) is 11.8. The van der Waals surface area contributed by atoms with Crippen LogP contribution in [0.25, 0.3) is 0 Å². The quantitative estimate of drug-likeness (QED) is 0.812. The van der Waals surface area contributed by atoms with E-state index in [0.717, 1.165) is 17.9 Å². The summed E-state index contributed by atoms with van der Waals surface area (Å²) >= 11 is 1.73. The van der Waals surface area contributed by atoms with Gasteiger partial charge >= 0.3 is 0 Å². The number of nitrogens with one attached hydrogen (secondary N) is 2. The number of carbonyl (C=O) groups excluding carboxylic acids is 1. The van der Waals surface area contributed by atoms with Gasteiger partial charge in [-0.05, 0) is 36.1 Å². The molecule has 0 bridgehead atoms. The molecule has 2 N–H and O–H groups in total. The van der Waals surface area contributed by atoms with Gasteiger partial charge in [0.05, 0.1) is 19.0 Å². The van der Waals surface area contributed by atoms with Crippen molar-refractivity contribution in [1.82, 2.24) is 5.32 Å². The second-order valence-corrected chi connectivity index (χ2v) is 6.42. The predicted molar refractivity (Wildman–Crippen MR) is 89.2 cm³/mol. The van der Waals surface area contributed by atoms with Gasteiger partial charge in [0.1, 0.15) is 12.3 Å². The lowest BCUT2D eigenvalue weighted by atomic mass is 10.2. The highest BCUT2D eigenvalue weighted by atomic mass is 32.1. The molecule has 4 nitrogen and oxygen atoms in total. The molecule has 1 heterocycles. The van der Waals surface area contributed by atoms with Crippen LogP contribution in [0, 0.1) is 0 Å². The second-order valence-electron chi connectivity index (χ2n) is 5.39. The number of likely N-dealkylation sites (N-methyl/N-ethyl adjacent to an activating group) is 1. The van der Waals surface area contributed by atoms with E-state index < -0.39 is 0 Å². The van der Waals surface area contributed by atoms with Gasteiger partial charge in [0.2, 0.25) is 0 Å². The Hall–Kier alpha value is -1.85. The van der Waals surface area contributed by atoms with E-state index in [1.165, 1.54) is 9.78 Å². The van der Waals surface area contributed by atoms with Crippen molar-refractivity contribution in [2.24, 2.45) is 0 Å². The molecule has 0 radical (unpaired) electrons. The zero-order chi connectivity index (χ0) is 15.9. The zero-order valence-corrected chi connectivity index (χ0v) is 14.1. The van der Waals surface area contributed by atoms with Crippen molar-refractivity contribution in [3.05, 3.63) is 52.2 Å². The van der Waals surface area contributed by atoms with E-state index in [1.54, 1.807) is 18.4 Å². The summed E-state index contributed by atoms with van der Waals surface area (Å²) in [7, 11) is 3.70. The van der Waals surface area contributed by atoms with Gasteiger partial charge in [-0.25, -0.2) is 0 Å². The molecule has 2 aromatic rings. The number of carbonyl (C=O) groups is 1. The van der Waals surface area contributed by atoms with Gasteiger partial charge in [-0.15, -0.1) is 11.3 Å². The van der Waals surface area contributed by atoms with Crippen LogP contribution >= 0.6 is 11.3 Å². The maximum atomic E-state index is 12.3. The number of rotatable bonds is 7. The van der Waals surface area contributed by atoms with Crippen molar-refractivity contribution in [3.8, 4) is 5.75 Å². The number of quaternary nitrogens is 1. The van der Waals surface area contributed by atoms with Crippen molar-refractivity contribution < 1.29 is 14.4 Å². The fourth-order valence-corrected chi connectivity index (χ4v) is 2.95. The minimum Gasteiger partial charge on any atom is -0.497 e. The van der Waals surface area contributed by atoms with Crippen molar-refractivity contribution in [2.45, 2.75) is 26.1 Å². The number of hydrogen-bond acceptors (Lipinski definition) is 3. The first kappa shape index (κ1) is 16.5. The van der Waals surface area contributed by atoms with Gasteiger partial charge in [-0.2, -0.15) is 0 Å². The average Bonchev–Trinajstić information content (AvgIpc) is 3.05. The van der Waals surface area contributed by atoms with Gasteiger partial charge in [0.25, 0.3) is 5.91 Å². The van der Waals surface area contributed by atoms with E-state index in [-0.39, 0.29) is 11.9 Å². The Balaban J connectivity index is 1.82. The van der Waals surface area contributed by atoms with Crippen molar-refractivity contribution in [1.29, 1.82) is 0 Å². The maximum absolute atomic E-state index is 12.3. The van der Waals surface area contributed by atoms with Gasteiger partial charge in [-0.1, -0.05) is 18.2 Å². The maximum Gasteiger partial charge on any atom is 0.278 e. The Labute approximate surface area is 135 Å². The van der Waals surface area contributed by atoms with Gasteiger partial charge in [-0.3, -0.25) is 4.79 Å². The summed E-state index contributed by atoms with van der Waals surface area (Å²) in [6.45, 7) is 3.38. The lowest BCUT2D eigenvalue weighted by Crippen LogP contribution is -3.12. The lowest BCUT2D eigenvalue weighted by Gasteiger charge is -2.20. The summed E-state index contributed by atoms with van der Waals surface area (Å²) < 4.78 is 5.12. The molecule has 118 valence electrons. The lowest BCUT2D eigenvalue weighted by molar-refractivity contribution is -0.907. The monoisotopic (exact) mass is 319 g/mol. The third kappa shape index (κ3) is 4.58. The number of ether oxygens (including phenoxy) is 1. The first-order valence-corrected chi connectivity index (χ1v) is 8.23. The first-order valence-electron chi connectivity index (χ1n) is 7.35. The topological polar surface area (TPSA) is 42.8 Å². The standard InChI is InChI=1S/C17H22N2O2S/c1-13(19(2)12-16-5-4-10-22-16)17(20)18-11-14-6-8-15(21-3)9-7-14/h4-10,13H,11-12H2,1-3H3,(H,18,20)/p+1/t13-/m1/s1. The van der Waals surface area contributed by atoms with E-state index in [9.17, 15) is 4.79 Å². The molecule has 0 fully saturated rings. The molecule has 1 aromatic heterocycles. The number of amides is 1. The minimum atomic E-state index is -0.0830. The third-order valence-electron chi connectivity index (χ3n) is 3.79.